The molecule has 1 fully saturated rings. The fourth-order valence-corrected chi connectivity index (χ4v) is 4.14. The van der Waals surface area contributed by atoms with Gasteiger partial charge in [-0.3, -0.25) is 0 Å². The maximum Gasteiger partial charge on any atom is 0.212 e. The van der Waals surface area contributed by atoms with Crippen LogP contribution in [-0.2, 0) is 16.6 Å². The summed E-state index contributed by atoms with van der Waals surface area (Å²) in [5, 5.41) is 6.09. The highest BCUT2D eigenvalue weighted by atomic mass is 32.2. The van der Waals surface area contributed by atoms with Crippen molar-refractivity contribution >= 4 is 21.4 Å². The summed E-state index contributed by atoms with van der Waals surface area (Å²) in [7, 11) is -3.18. The molecule has 1 aliphatic rings. The van der Waals surface area contributed by atoms with Gasteiger partial charge in [0, 0.05) is 5.38 Å². The van der Waals surface area contributed by atoms with Gasteiger partial charge in [0.25, 0.3) is 0 Å². The van der Waals surface area contributed by atoms with Gasteiger partial charge in [-0.15, -0.1) is 11.3 Å². The van der Waals surface area contributed by atoms with Crippen LogP contribution in [0.5, 0.6) is 0 Å². The Morgan fingerprint density at radius 1 is 1.50 bits per heavy atom. The third kappa shape index (κ3) is 4.31. The first-order chi connectivity index (χ1) is 8.55. The SMILES string of the molecule is Cc1nc(CNS(=O)(=O)CC2CCNCC2)cs1. The number of nitrogens with one attached hydrogen (secondary N) is 2. The lowest BCUT2D eigenvalue weighted by atomic mass is 10.0. The van der Waals surface area contributed by atoms with Crippen molar-refractivity contribution in [3.8, 4) is 0 Å². The van der Waals surface area contributed by atoms with E-state index in [1.807, 2.05) is 12.3 Å². The molecule has 0 unspecified atom stereocenters. The van der Waals surface area contributed by atoms with Crippen molar-refractivity contribution in [2.75, 3.05) is 18.8 Å². The average molecular weight is 289 g/mol. The zero-order valence-corrected chi connectivity index (χ0v) is 12.1. The van der Waals surface area contributed by atoms with Crippen LogP contribution in [0.3, 0.4) is 0 Å². The van der Waals surface area contributed by atoms with Gasteiger partial charge in [-0.2, -0.15) is 0 Å². The molecule has 2 N–H and O–H groups in total. The maximum atomic E-state index is 11.9. The van der Waals surface area contributed by atoms with Crippen molar-refractivity contribution in [3.63, 3.8) is 0 Å². The minimum absolute atomic E-state index is 0.234. The quantitative estimate of drug-likeness (QED) is 0.844. The number of hydrogen-bond donors (Lipinski definition) is 2. The second kappa shape index (κ2) is 6.10. The van der Waals surface area contributed by atoms with Crippen molar-refractivity contribution in [2.45, 2.75) is 26.3 Å². The van der Waals surface area contributed by atoms with E-state index in [0.717, 1.165) is 36.6 Å². The molecule has 2 rings (SSSR count). The van der Waals surface area contributed by atoms with E-state index < -0.39 is 10.0 Å². The summed E-state index contributed by atoms with van der Waals surface area (Å²) < 4.78 is 26.5. The molecule has 0 saturated carbocycles. The van der Waals surface area contributed by atoms with E-state index in [2.05, 4.69) is 15.0 Å². The van der Waals surface area contributed by atoms with E-state index in [1.54, 1.807) is 0 Å². The van der Waals surface area contributed by atoms with Crippen molar-refractivity contribution < 1.29 is 8.42 Å². The fourth-order valence-electron chi connectivity index (χ4n) is 2.09. The zero-order valence-electron chi connectivity index (χ0n) is 10.5. The van der Waals surface area contributed by atoms with Crippen LogP contribution in [0.4, 0.5) is 0 Å². The van der Waals surface area contributed by atoms with E-state index in [4.69, 9.17) is 0 Å². The number of thiazole rings is 1. The number of aryl methyl sites for hydroxylation is 1. The molecule has 102 valence electrons. The van der Waals surface area contributed by atoms with Crippen molar-refractivity contribution in [1.82, 2.24) is 15.0 Å². The Hall–Kier alpha value is -0.500. The standard InChI is InChI=1S/C11H19N3O2S2/c1-9-14-11(7-17-9)6-13-18(15,16)8-10-2-4-12-5-3-10/h7,10,12-13H,2-6,8H2,1H3. The fraction of sp³-hybridized carbons (Fsp3) is 0.727. The largest absolute Gasteiger partial charge is 0.317 e. The predicted octanol–water partition coefficient (Wildman–Crippen LogP) is 0.871. The Labute approximate surface area is 112 Å². The summed E-state index contributed by atoms with van der Waals surface area (Å²) in [4.78, 5) is 4.24. The van der Waals surface area contributed by atoms with Gasteiger partial charge in [-0.05, 0) is 38.8 Å². The van der Waals surface area contributed by atoms with Gasteiger partial charge < -0.3 is 5.32 Å². The Bertz CT molecular complexity index is 478. The zero-order chi connectivity index (χ0) is 13.0. The molecular formula is C11H19N3O2S2. The highest BCUT2D eigenvalue weighted by Crippen LogP contribution is 2.14. The van der Waals surface area contributed by atoms with Crippen molar-refractivity contribution in [3.05, 3.63) is 16.1 Å². The minimum atomic E-state index is -3.18. The second-order valence-corrected chi connectivity index (χ2v) is 7.57. The van der Waals surface area contributed by atoms with Gasteiger partial charge in [0.1, 0.15) is 0 Å². The summed E-state index contributed by atoms with van der Waals surface area (Å²) >= 11 is 1.54. The molecule has 1 aromatic rings. The Morgan fingerprint density at radius 2 is 2.22 bits per heavy atom. The van der Waals surface area contributed by atoms with Crippen LogP contribution in [0.2, 0.25) is 0 Å². The highest BCUT2D eigenvalue weighted by Gasteiger charge is 2.21. The molecule has 0 spiro atoms. The van der Waals surface area contributed by atoms with Crippen LogP contribution in [0.15, 0.2) is 5.38 Å². The number of sulfonamides is 1. The molecule has 1 saturated heterocycles. The van der Waals surface area contributed by atoms with Crippen LogP contribution < -0.4 is 10.0 Å². The predicted molar refractivity (Wildman–Crippen MR) is 73.1 cm³/mol. The molecule has 1 aliphatic heterocycles. The molecule has 0 aromatic carbocycles. The van der Waals surface area contributed by atoms with E-state index in [9.17, 15) is 8.42 Å². The number of rotatable bonds is 5. The molecule has 18 heavy (non-hydrogen) atoms. The summed E-state index contributed by atoms with van der Waals surface area (Å²) in [5.41, 5.74) is 0.798. The number of hydrogen-bond acceptors (Lipinski definition) is 5. The van der Waals surface area contributed by atoms with Gasteiger partial charge in [0.2, 0.25) is 10.0 Å². The molecule has 0 atom stereocenters. The van der Waals surface area contributed by atoms with Crippen LogP contribution >= 0.6 is 11.3 Å². The monoisotopic (exact) mass is 289 g/mol. The van der Waals surface area contributed by atoms with Crippen LogP contribution in [0.25, 0.3) is 0 Å². The molecule has 5 nitrogen and oxygen atoms in total. The Balaban J connectivity index is 1.83. The first kappa shape index (κ1) is 13.9. The first-order valence-corrected chi connectivity index (χ1v) is 8.67. The van der Waals surface area contributed by atoms with Gasteiger partial charge in [0.05, 0.1) is 23.0 Å². The first-order valence-electron chi connectivity index (χ1n) is 6.14. The maximum absolute atomic E-state index is 11.9. The molecule has 1 aromatic heterocycles. The Morgan fingerprint density at radius 3 is 2.83 bits per heavy atom. The summed E-state index contributed by atoms with van der Waals surface area (Å²) in [6, 6.07) is 0. The van der Waals surface area contributed by atoms with Gasteiger partial charge in [-0.1, -0.05) is 0 Å². The van der Waals surface area contributed by atoms with Crippen LogP contribution in [0.1, 0.15) is 23.5 Å². The van der Waals surface area contributed by atoms with Crippen molar-refractivity contribution in [1.29, 1.82) is 0 Å². The highest BCUT2D eigenvalue weighted by molar-refractivity contribution is 7.89. The molecular weight excluding hydrogens is 270 g/mol. The average Bonchev–Trinajstić information content (AvgIpc) is 2.74. The van der Waals surface area contributed by atoms with E-state index in [0.29, 0.717) is 6.54 Å². The topological polar surface area (TPSA) is 71.1 Å². The van der Waals surface area contributed by atoms with Gasteiger partial charge >= 0.3 is 0 Å². The van der Waals surface area contributed by atoms with E-state index >= 15 is 0 Å². The minimum Gasteiger partial charge on any atom is -0.317 e. The van der Waals surface area contributed by atoms with Gasteiger partial charge in [0.15, 0.2) is 0 Å². The van der Waals surface area contributed by atoms with Crippen LogP contribution in [-0.4, -0.2) is 32.2 Å². The molecule has 0 aliphatic carbocycles. The summed E-state index contributed by atoms with van der Waals surface area (Å²) in [5.74, 6) is 0.513. The summed E-state index contributed by atoms with van der Waals surface area (Å²) in [6.07, 6.45) is 1.88. The number of aromatic nitrogens is 1. The molecule has 0 amide bonds. The molecule has 7 heteroatoms. The lowest BCUT2D eigenvalue weighted by Gasteiger charge is -2.22. The lowest BCUT2D eigenvalue weighted by molar-refractivity contribution is 0.400. The smallest absolute Gasteiger partial charge is 0.212 e. The molecule has 2 heterocycles. The Kier molecular flexibility index (Phi) is 4.71. The summed E-state index contributed by atoms with van der Waals surface area (Å²) in [6.45, 7) is 4.06. The number of piperidine rings is 1. The van der Waals surface area contributed by atoms with Crippen LogP contribution in [0, 0.1) is 12.8 Å². The third-order valence-electron chi connectivity index (χ3n) is 3.05. The second-order valence-electron chi connectivity index (χ2n) is 4.65. The molecule has 0 bridgehead atoms. The van der Waals surface area contributed by atoms with E-state index in [1.165, 1.54) is 11.3 Å². The third-order valence-corrected chi connectivity index (χ3v) is 5.37. The normalized spacial score (nSPS) is 18.1. The molecule has 0 radical (unpaired) electrons. The lowest BCUT2D eigenvalue weighted by Crippen LogP contribution is -2.35. The van der Waals surface area contributed by atoms with Crippen molar-refractivity contribution in [2.24, 2.45) is 5.92 Å². The van der Waals surface area contributed by atoms with Gasteiger partial charge in [-0.25, -0.2) is 18.1 Å². The van der Waals surface area contributed by atoms with E-state index in [-0.39, 0.29) is 11.7 Å². The number of nitrogens with zero attached hydrogens (tertiary/aromatic N) is 1.